The molecule has 0 unspecified atom stereocenters. The molecule has 2 aromatic heterocycles. The average molecular weight is 506 g/mol. The maximum Gasteiger partial charge on any atom is 0.293 e. The molecule has 8 nitrogen and oxygen atoms in total. The lowest BCUT2D eigenvalue weighted by molar-refractivity contribution is -0.138. The minimum Gasteiger partial charge on any atom is -0.462 e. The van der Waals surface area contributed by atoms with Gasteiger partial charge in [0.2, 0.25) is 0 Å². The smallest absolute Gasteiger partial charge is 0.293 e. The number of benzene rings is 2. The summed E-state index contributed by atoms with van der Waals surface area (Å²) in [7, 11) is 0. The predicted molar refractivity (Wildman–Crippen MR) is 142 cm³/mol. The van der Waals surface area contributed by atoms with Gasteiger partial charge >= 0.3 is 0 Å². The fourth-order valence-corrected chi connectivity index (χ4v) is 4.19. The fraction of sp³-hybridized carbons (Fsp3) is 0.321. The lowest BCUT2D eigenvalue weighted by Gasteiger charge is -2.24. The van der Waals surface area contributed by atoms with Crippen LogP contribution in [0.1, 0.15) is 39.7 Å². The number of ether oxygens (including phenoxy) is 2. The van der Waals surface area contributed by atoms with Crippen LogP contribution >= 0.6 is 0 Å². The zero-order valence-electron chi connectivity index (χ0n) is 21.3. The molecular weight excluding hydrogens is 473 g/mol. The number of nitrogens with one attached hydrogen (secondary N) is 1. The first-order valence-corrected chi connectivity index (χ1v) is 12.2. The molecule has 0 saturated carbocycles. The number of aromatic nitrogens is 3. The van der Waals surface area contributed by atoms with Gasteiger partial charge in [0.1, 0.15) is 40.7 Å². The van der Waals surface area contributed by atoms with E-state index in [1.54, 1.807) is 12.1 Å². The molecule has 3 N–H and O–H groups in total. The summed E-state index contributed by atoms with van der Waals surface area (Å²) < 4.78 is 25.9. The van der Waals surface area contributed by atoms with Gasteiger partial charge in [-0.3, -0.25) is 4.79 Å². The number of carbonyl (C=O) groups is 1. The molecule has 37 heavy (non-hydrogen) atoms. The first kappa shape index (κ1) is 26.1. The monoisotopic (exact) mass is 505 g/mol. The third kappa shape index (κ3) is 6.62. The number of carbonyl (C=O) groups excluding carboxylic acids is 1. The van der Waals surface area contributed by atoms with Crippen LogP contribution in [0, 0.1) is 5.82 Å². The van der Waals surface area contributed by atoms with E-state index < -0.39 is 0 Å². The van der Waals surface area contributed by atoms with Crippen molar-refractivity contribution >= 4 is 23.3 Å². The number of piperidine rings is 1. The Morgan fingerprint density at radius 1 is 1.14 bits per heavy atom. The van der Waals surface area contributed by atoms with Gasteiger partial charge in [0.25, 0.3) is 6.47 Å². The number of anilines is 1. The molecule has 0 radical (unpaired) electrons. The second-order valence-electron chi connectivity index (χ2n) is 9.82. The second-order valence-corrected chi connectivity index (χ2v) is 9.82. The first-order valence-electron chi connectivity index (χ1n) is 12.2. The normalized spacial score (nSPS) is 15.5. The summed E-state index contributed by atoms with van der Waals surface area (Å²) in [6.45, 7) is 7.88. The first-order chi connectivity index (χ1) is 17.7. The van der Waals surface area contributed by atoms with Gasteiger partial charge in [-0.15, -0.1) is 0 Å². The Balaban J connectivity index is 0.000000405. The van der Waals surface area contributed by atoms with Crippen molar-refractivity contribution in [2.75, 3.05) is 18.8 Å². The number of nitrogens with two attached hydrogens (primary N) is 1. The van der Waals surface area contributed by atoms with E-state index in [0.717, 1.165) is 48.1 Å². The number of nitrogen functional groups attached to an aromatic ring is 1. The lowest BCUT2D eigenvalue weighted by atomic mass is 10.1. The van der Waals surface area contributed by atoms with E-state index in [4.69, 9.17) is 10.5 Å². The number of rotatable bonds is 5. The standard InChI is InChI=1S/C23H22FN5O.C5H10O2/c24-16-3-1-5-19(11-16)30-18-8-6-15(7-9-18)20-13-29(17-4-2-10-26-12-17)23-21(20)22(25)27-14-28-23;1-5(2,3)7-4-6/h1,3,5-9,11,13-14,17,26H,2,4,10,12H2,(H2,25,27,28);4H,1-3H3/t17-;/m1./s1. The molecular formula is C28H32FN5O3. The molecule has 9 heteroatoms. The molecule has 0 bridgehead atoms. The van der Waals surface area contributed by atoms with Crippen LogP contribution in [0.15, 0.2) is 61.1 Å². The summed E-state index contributed by atoms with van der Waals surface area (Å²) in [6, 6.07) is 14.1. The minimum absolute atomic E-state index is 0.318. The SMILES string of the molecule is CC(C)(C)OC=O.Nc1ncnc2c1c(-c1ccc(Oc3cccc(F)c3)cc1)cn2[C@@H]1CCCNC1. The molecule has 1 atom stereocenters. The number of hydrogen-bond donors (Lipinski definition) is 2. The highest BCUT2D eigenvalue weighted by Gasteiger charge is 2.21. The Morgan fingerprint density at radius 2 is 1.92 bits per heavy atom. The maximum atomic E-state index is 13.4. The van der Waals surface area contributed by atoms with Crippen LogP contribution in [0.25, 0.3) is 22.2 Å². The third-order valence-electron chi connectivity index (χ3n) is 5.90. The van der Waals surface area contributed by atoms with Crippen LogP contribution in [0.3, 0.4) is 0 Å². The molecule has 0 spiro atoms. The van der Waals surface area contributed by atoms with Crippen molar-refractivity contribution < 1.29 is 18.7 Å². The highest BCUT2D eigenvalue weighted by molar-refractivity contribution is 6.00. The van der Waals surface area contributed by atoms with Crippen molar-refractivity contribution in [1.82, 2.24) is 19.9 Å². The molecule has 1 fully saturated rings. The van der Waals surface area contributed by atoms with Crippen LogP contribution in [0.5, 0.6) is 11.5 Å². The van der Waals surface area contributed by atoms with Crippen molar-refractivity contribution in [3.8, 4) is 22.6 Å². The second kappa shape index (κ2) is 11.4. The Hall–Kier alpha value is -3.98. The third-order valence-corrected chi connectivity index (χ3v) is 5.90. The van der Waals surface area contributed by atoms with Gasteiger partial charge in [-0.25, -0.2) is 14.4 Å². The van der Waals surface area contributed by atoms with E-state index in [-0.39, 0.29) is 11.4 Å². The molecule has 1 aliphatic rings. The van der Waals surface area contributed by atoms with Crippen LogP contribution in [-0.2, 0) is 9.53 Å². The van der Waals surface area contributed by atoms with E-state index in [2.05, 4.69) is 30.8 Å². The molecule has 0 aliphatic carbocycles. The average Bonchev–Trinajstić information content (AvgIpc) is 3.26. The van der Waals surface area contributed by atoms with Crippen molar-refractivity contribution in [3.05, 3.63) is 66.9 Å². The maximum absolute atomic E-state index is 13.4. The van der Waals surface area contributed by atoms with Crippen LogP contribution < -0.4 is 15.8 Å². The molecule has 2 aromatic carbocycles. The van der Waals surface area contributed by atoms with Crippen LogP contribution in [0.4, 0.5) is 10.2 Å². The highest BCUT2D eigenvalue weighted by atomic mass is 19.1. The van der Waals surface area contributed by atoms with Gasteiger partial charge in [-0.05, 0) is 70.0 Å². The summed E-state index contributed by atoms with van der Waals surface area (Å²) in [4.78, 5) is 18.3. The van der Waals surface area contributed by atoms with Crippen molar-refractivity contribution in [2.45, 2.75) is 45.3 Å². The molecule has 0 amide bonds. The Morgan fingerprint density at radius 3 is 2.54 bits per heavy atom. The summed E-state index contributed by atoms with van der Waals surface area (Å²) >= 11 is 0. The zero-order chi connectivity index (χ0) is 26.4. The highest BCUT2D eigenvalue weighted by Crippen LogP contribution is 2.36. The van der Waals surface area contributed by atoms with Crippen molar-refractivity contribution in [1.29, 1.82) is 0 Å². The quantitative estimate of drug-likeness (QED) is 0.345. The van der Waals surface area contributed by atoms with Gasteiger partial charge in [0.05, 0.1) is 5.39 Å². The number of fused-ring (bicyclic) bond motifs is 1. The van der Waals surface area contributed by atoms with E-state index in [1.807, 2.05) is 45.0 Å². The summed E-state index contributed by atoms with van der Waals surface area (Å²) in [6.07, 6.45) is 5.87. The topological polar surface area (TPSA) is 104 Å². The number of hydrogen-bond acceptors (Lipinski definition) is 7. The Kier molecular flexibility index (Phi) is 8.03. The summed E-state index contributed by atoms with van der Waals surface area (Å²) in [5.41, 5.74) is 8.77. The predicted octanol–water partition coefficient (Wildman–Crippen LogP) is 5.49. The molecule has 194 valence electrons. The summed E-state index contributed by atoms with van der Waals surface area (Å²) in [5, 5.41) is 4.32. The van der Waals surface area contributed by atoms with Crippen LogP contribution in [0.2, 0.25) is 0 Å². The van der Waals surface area contributed by atoms with E-state index in [9.17, 15) is 9.18 Å². The van der Waals surface area contributed by atoms with Gasteiger partial charge in [-0.2, -0.15) is 0 Å². The Bertz CT molecular complexity index is 1340. The lowest BCUT2D eigenvalue weighted by Crippen LogP contribution is -2.31. The fourth-order valence-electron chi connectivity index (χ4n) is 4.19. The molecule has 4 aromatic rings. The largest absolute Gasteiger partial charge is 0.462 e. The Labute approximate surface area is 215 Å². The van der Waals surface area contributed by atoms with Gasteiger partial charge < -0.3 is 25.1 Å². The van der Waals surface area contributed by atoms with Gasteiger partial charge in [0, 0.05) is 30.4 Å². The van der Waals surface area contributed by atoms with Crippen molar-refractivity contribution in [3.63, 3.8) is 0 Å². The zero-order valence-corrected chi connectivity index (χ0v) is 21.3. The van der Waals surface area contributed by atoms with Crippen LogP contribution in [-0.4, -0.2) is 39.7 Å². The molecule has 5 rings (SSSR count). The van der Waals surface area contributed by atoms with E-state index >= 15 is 0 Å². The molecule has 3 heterocycles. The number of nitrogens with zero attached hydrogens (tertiary/aromatic N) is 3. The van der Waals surface area contributed by atoms with Crippen molar-refractivity contribution in [2.24, 2.45) is 0 Å². The van der Waals surface area contributed by atoms with E-state index in [0.29, 0.717) is 29.8 Å². The minimum atomic E-state index is -0.329. The summed E-state index contributed by atoms with van der Waals surface area (Å²) in [5.74, 6) is 1.23. The van der Waals surface area contributed by atoms with Gasteiger partial charge in [-0.1, -0.05) is 18.2 Å². The molecule has 1 saturated heterocycles. The molecule has 1 aliphatic heterocycles. The van der Waals surface area contributed by atoms with Gasteiger partial charge in [0.15, 0.2) is 0 Å². The van der Waals surface area contributed by atoms with E-state index in [1.165, 1.54) is 18.5 Å². The number of halogens is 1.